The van der Waals surface area contributed by atoms with Crippen LogP contribution in [0, 0.1) is 6.92 Å². The van der Waals surface area contributed by atoms with Crippen molar-refractivity contribution in [3.63, 3.8) is 0 Å². The van der Waals surface area contributed by atoms with Crippen molar-refractivity contribution in [1.82, 2.24) is 4.40 Å². The van der Waals surface area contributed by atoms with Crippen LogP contribution in [0.4, 0.5) is 5.69 Å². The fourth-order valence-electron chi connectivity index (χ4n) is 2.95. The second-order valence-corrected chi connectivity index (χ2v) is 5.50. The predicted molar refractivity (Wildman–Crippen MR) is 91.7 cm³/mol. The van der Waals surface area contributed by atoms with E-state index in [1.165, 1.54) is 19.2 Å². The molecule has 0 radical (unpaired) electrons. The minimum absolute atomic E-state index is 0.113. The van der Waals surface area contributed by atoms with E-state index in [1.807, 2.05) is 12.1 Å². The lowest BCUT2D eigenvalue weighted by molar-refractivity contribution is -0.254. The van der Waals surface area contributed by atoms with Gasteiger partial charge in [0.1, 0.15) is 11.4 Å². The molecule has 0 saturated carbocycles. The number of benzene rings is 1. The summed E-state index contributed by atoms with van der Waals surface area (Å²) in [6.07, 6.45) is 1.73. The lowest BCUT2D eigenvalue weighted by Gasteiger charge is -2.09. The van der Waals surface area contributed by atoms with Crippen molar-refractivity contribution >= 4 is 23.0 Å². The number of hydrogen-bond donors (Lipinski definition) is 0. The van der Waals surface area contributed by atoms with Crippen molar-refractivity contribution in [3.05, 3.63) is 75.4 Å². The van der Waals surface area contributed by atoms with Crippen LogP contribution < -0.4 is 9.84 Å². The second-order valence-electron chi connectivity index (χ2n) is 5.50. The van der Waals surface area contributed by atoms with Crippen LogP contribution in [-0.4, -0.2) is 23.3 Å². The van der Waals surface area contributed by atoms with Crippen LogP contribution in [-0.2, 0) is 0 Å². The normalized spacial score (nSPS) is 10.4. The first-order chi connectivity index (χ1) is 12.5. The van der Waals surface area contributed by atoms with Crippen molar-refractivity contribution in [2.75, 3.05) is 7.11 Å². The molecule has 3 aromatic rings. The molecule has 0 fully saturated rings. The highest BCUT2D eigenvalue weighted by molar-refractivity contribution is 6.11. The third-order valence-electron chi connectivity index (χ3n) is 4.08. The minimum atomic E-state index is -1.53. The van der Waals surface area contributed by atoms with Gasteiger partial charge < -0.3 is 19.0 Å². The lowest BCUT2D eigenvalue weighted by Crippen LogP contribution is -2.23. The molecule has 0 spiro atoms. The van der Waals surface area contributed by atoms with Gasteiger partial charge in [0, 0.05) is 33.5 Å². The molecule has 0 aliphatic carbocycles. The van der Waals surface area contributed by atoms with Crippen molar-refractivity contribution in [1.29, 1.82) is 0 Å². The monoisotopic (exact) mass is 349 g/mol. The van der Waals surface area contributed by atoms with E-state index in [2.05, 4.69) is 10.0 Å². The summed E-state index contributed by atoms with van der Waals surface area (Å²) in [6, 6.07) is 9.26. The van der Waals surface area contributed by atoms with E-state index in [1.54, 1.807) is 23.6 Å². The summed E-state index contributed by atoms with van der Waals surface area (Å²) in [5, 5.41) is 14.6. The number of rotatable bonds is 5. The second kappa shape index (κ2) is 6.62. The van der Waals surface area contributed by atoms with Crippen LogP contribution in [0.1, 0.15) is 32.0 Å². The number of aromatic nitrogens is 1. The van der Waals surface area contributed by atoms with E-state index in [-0.39, 0.29) is 22.6 Å². The topological polar surface area (TPSA) is 120 Å². The predicted octanol–water partition coefficient (Wildman–Crippen LogP) is 2.79. The average Bonchev–Trinajstić information content (AvgIpc) is 2.92. The number of carboxylic acid groups (broad SMARTS) is 1. The first-order valence-corrected chi connectivity index (χ1v) is 7.58. The Bertz CT molecular complexity index is 1090. The Labute approximate surface area is 147 Å². The highest BCUT2D eigenvalue weighted by Gasteiger charge is 2.22. The Morgan fingerprint density at radius 1 is 1.27 bits per heavy atom. The third-order valence-corrected chi connectivity index (χ3v) is 4.08. The fraction of sp³-hybridized carbons (Fsp3) is 0.111. The van der Waals surface area contributed by atoms with Crippen molar-refractivity contribution in [2.45, 2.75) is 6.92 Å². The molecule has 0 atom stereocenters. The summed E-state index contributed by atoms with van der Waals surface area (Å²) < 4.78 is 7.10. The fourth-order valence-corrected chi connectivity index (χ4v) is 2.95. The molecule has 8 nitrogen and oxygen atoms in total. The molecule has 3 rings (SSSR count). The molecule has 0 bridgehead atoms. The molecule has 0 saturated heterocycles. The van der Waals surface area contributed by atoms with Gasteiger partial charge in [-0.05, 0) is 30.7 Å². The van der Waals surface area contributed by atoms with Crippen molar-refractivity contribution in [3.8, 4) is 5.75 Å². The molecular formula is C18H13N4O4-. The van der Waals surface area contributed by atoms with Gasteiger partial charge in [0.05, 0.1) is 18.6 Å². The third kappa shape index (κ3) is 2.64. The highest BCUT2D eigenvalue weighted by atomic mass is 16.5. The zero-order chi connectivity index (χ0) is 18.8. The number of fused-ring (bicyclic) bond motifs is 1. The van der Waals surface area contributed by atoms with Gasteiger partial charge >= 0.3 is 0 Å². The van der Waals surface area contributed by atoms with E-state index in [9.17, 15) is 14.7 Å². The largest absolute Gasteiger partial charge is 0.545 e. The molecule has 2 aromatic heterocycles. The van der Waals surface area contributed by atoms with Crippen molar-refractivity contribution < 1.29 is 19.4 Å². The summed E-state index contributed by atoms with van der Waals surface area (Å²) in [4.78, 5) is 26.9. The standard InChI is InChI=1S/C18H14N4O4/c1-10-15(22-8-4-3-5-14(22)17(10)26-2)16(23)11-6-7-13(20-21-19)12(9-11)18(24)25/h3-9H,1-2H3,(H,24,25)/p-1. The minimum Gasteiger partial charge on any atom is -0.545 e. The maximum absolute atomic E-state index is 13.1. The van der Waals surface area contributed by atoms with E-state index < -0.39 is 5.97 Å². The van der Waals surface area contributed by atoms with E-state index in [0.717, 1.165) is 11.6 Å². The molecule has 130 valence electrons. The summed E-state index contributed by atoms with van der Waals surface area (Å²) in [5.74, 6) is -1.35. The van der Waals surface area contributed by atoms with Gasteiger partial charge in [-0.25, -0.2) is 0 Å². The molecule has 0 amide bonds. The number of ketones is 1. The summed E-state index contributed by atoms with van der Waals surface area (Å²) >= 11 is 0. The molecule has 0 unspecified atom stereocenters. The molecule has 2 heterocycles. The van der Waals surface area contributed by atoms with Gasteiger partial charge in [-0.1, -0.05) is 23.3 Å². The van der Waals surface area contributed by atoms with Gasteiger partial charge in [-0.15, -0.1) is 0 Å². The quantitative estimate of drug-likeness (QED) is 0.304. The Morgan fingerprint density at radius 2 is 2.04 bits per heavy atom. The Kier molecular flexibility index (Phi) is 4.34. The number of methoxy groups -OCH3 is 1. The molecule has 8 heteroatoms. The van der Waals surface area contributed by atoms with Gasteiger partial charge in [0.2, 0.25) is 5.78 Å². The number of carbonyl (C=O) groups is 2. The molecule has 0 aliphatic rings. The van der Waals surface area contributed by atoms with Crippen LogP contribution >= 0.6 is 0 Å². The first kappa shape index (κ1) is 17.1. The zero-order valence-corrected chi connectivity index (χ0v) is 14.0. The number of pyridine rings is 1. The van der Waals surface area contributed by atoms with Gasteiger partial charge in [-0.2, -0.15) is 0 Å². The Balaban J connectivity index is 2.21. The molecule has 26 heavy (non-hydrogen) atoms. The molecule has 0 N–H and O–H groups in total. The summed E-state index contributed by atoms with van der Waals surface area (Å²) in [6.45, 7) is 1.76. The lowest BCUT2D eigenvalue weighted by atomic mass is 10.0. The van der Waals surface area contributed by atoms with Crippen molar-refractivity contribution in [2.24, 2.45) is 5.11 Å². The molecule has 0 aliphatic heterocycles. The van der Waals surface area contributed by atoms with E-state index >= 15 is 0 Å². The molecule has 1 aromatic carbocycles. The number of carbonyl (C=O) groups excluding carboxylic acids is 2. The summed E-state index contributed by atoms with van der Waals surface area (Å²) in [5.41, 5.74) is 9.92. The number of nitrogens with zero attached hydrogens (tertiary/aromatic N) is 4. The highest BCUT2D eigenvalue weighted by Crippen LogP contribution is 2.32. The van der Waals surface area contributed by atoms with Crippen LogP contribution in [0.5, 0.6) is 5.75 Å². The number of azide groups is 1. The number of aromatic carboxylic acids is 1. The average molecular weight is 349 g/mol. The van der Waals surface area contributed by atoms with Gasteiger partial charge in [0.15, 0.2) is 0 Å². The van der Waals surface area contributed by atoms with E-state index in [0.29, 0.717) is 17.0 Å². The van der Waals surface area contributed by atoms with Crippen LogP contribution in [0.2, 0.25) is 0 Å². The van der Waals surface area contributed by atoms with Gasteiger partial charge in [-0.3, -0.25) is 4.79 Å². The van der Waals surface area contributed by atoms with Crippen LogP contribution in [0.15, 0.2) is 47.7 Å². The first-order valence-electron chi connectivity index (χ1n) is 7.58. The maximum Gasteiger partial charge on any atom is 0.210 e. The SMILES string of the molecule is COc1c(C)c(C(=O)c2ccc(N=[N+]=[N-])c(C(=O)[O-])c2)n2ccccc12. The number of ether oxygens (including phenoxy) is 1. The smallest absolute Gasteiger partial charge is 0.210 e. The maximum atomic E-state index is 13.1. The number of carboxylic acids is 1. The zero-order valence-electron chi connectivity index (χ0n) is 14.0. The van der Waals surface area contributed by atoms with Gasteiger partial charge in [0.25, 0.3) is 0 Å². The number of hydrogen-bond acceptors (Lipinski definition) is 5. The Hall–Kier alpha value is -3.77. The van der Waals surface area contributed by atoms with E-state index in [4.69, 9.17) is 10.3 Å². The van der Waals surface area contributed by atoms with Crippen LogP contribution in [0.3, 0.4) is 0 Å². The van der Waals surface area contributed by atoms with Crippen LogP contribution in [0.25, 0.3) is 16.0 Å². The Morgan fingerprint density at radius 3 is 2.69 bits per heavy atom. The summed E-state index contributed by atoms with van der Waals surface area (Å²) in [7, 11) is 1.52. The molecular weight excluding hydrogens is 336 g/mol.